The highest BCUT2D eigenvalue weighted by Gasteiger charge is 2.34. The first-order valence-corrected chi connectivity index (χ1v) is 9.97. The van der Waals surface area contributed by atoms with Crippen LogP contribution >= 0.6 is 15.9 Å². The molecule has 1 aliphatic heterocycles. The third-order valence-corrected chi connectivity index (χ3v) is 4.82. The van der Waals surface area contributed by atoms with Crippen LogP contribution in [0.1, 0.15) is 60.2 Å². The number of nitrogens with zero attached hydrogens (tertiary/aromatic N) is 2. The van der Waals surface area contributed by atoms with Crippen molar-refractivity contribution in [2.24, 2.45) is 0 Å². The minimum absolute atomic E-state index is 0.0772. The Morgan fingerprint density at radius 3 is 2.50 bits per heavy atom. The maximum atomic E-state index is 12.4. The lowest BCUT2D eigenvalue weighted by Crippen LogP contribution is -2.42. The van der Waals surface area contributed by atoms with E-state index in [4.69, 9.17) is 0 Å². The van der Waals surface area contributed by atoms with Gasteiger partial charge in [0.15, 0.2) is 0 Å². The largest absolute Gasteiger partial charge is 0.338 e. The number of fused-ring (bicyclic) bond motifs is 1. The number of carbonyl (C=O) groups excluding carboxylic acids is 3. The zero-order valence-electron chi connectivity index (χ0n) is 15.4. The standard InChI is InChI=1S/C19H26BrN3O3/c1-3-5-11-22(10-4-2)19(26)21-9-6-12-23-17(24)15-8-7-14(20)13-16(15)18(23)25/h7-8,13H,3-6,9-12H2,1-2H3,(H,21,26). The Labute approximate surface area is 163 Å². The molecule has 0 saturated carbocycles. The topological polar surface area (TPSA) is 69.7 Å². The first-order valence-electron chi connectivity index (χ1n) is 9.18. The van der Waals surface area contributed by atoms with E-state index in [1.807, 2.05) is 11.8 Å². The summed E-state index contributed by atoms with van der Waals surface area (Å²) in [6.07, 6.45) is 3.48. The van der Waals surface area contributed by atoms with Crippen molar-refractivity contribution < 1.29 is 14.4 Å². The van der Waals surface area contributed by atoms with E-state index in [-0.39, 0.29) is 17.8 Å². The number of urea groups is 1. The van der Waals surface area contributed by atoms with Crippen molar-refractivity contribution in [3.05, 3.63) is 33.8 Å². The number of benzene rings is 1. The summed E-state index contributed by atoms with van der Waals surface area (Å²) in [6.45, 7) is 6.37. The molecule has 142 valence electrons. The van der Waals surface area contributed by atoms with Gasteiger partial charge in [-0.15, -0.1) is 0 Å². The highest BCUT2D eigenvalue weighted by molar-refractivity contribution is 9.10. The van der Waals surface area contributed by atoms with Crippen molar-refractivity contribution in [1.29, 1.82) is 0 Å². The van der Waals surface area contributed by atoms with Gasteiger partial charge in [-0.3, -0.25) is 14.5 Å². The molecule has 0 bridgehead atoms. The molecular formula is C19H26BrN3O3. The minimum atomic E-state index is -0.270. The van der Waals surface area contributed by atoms with E-state index in [9.17, 15) is 14.4 Å². The van der Waals surface area contributed by atoms with Gasteiger partial charge in [0.05, 0.1) is 11.1 Å². The molecule has 0 aromatic heterocycles. The fourth-order valence-electron chi connectivity index (χ4n) is 2.94. The number of halogens is 1. The number of amides is 4. The predicted octanol–water partition coefficient (Wildman–Crippen LogP) is 3.66. The number of hydrogen-bond donors (Lipinski definition) is 1. The SMILES string of the molecule is CCCCN(CCC)C(=O)NCCCN1C(=O)c2ccc(Br)cc2C1=O. The van der Waals surface area contributed by atoms with Gasteiger partial charge >= 0.3 is 6.03 Å². The van der Waals surface area contributed by atoms with Crippen molar-refractivity contribution in [2.75, 3.05) is 26.2 Å². The number of rotatable bonds is 9. The highest BCUT2D eigenvalue weighted by atomic mass is 79.9. The summed E-state index contributed by atoms with van der Waals surface area (Å²) in [6, 6.07) is 5.02. The molecule has 0 fully saturated rings. The lowest BCUT2D eigenvalue weighted by atomic mass is 10.1. The Morgan fingerprint density at radius 1 is 1.08 bits per heavy atom. The highest BCUT2D eigenvalue weighted by Crippen LogP contribution is 2.25. The first-order chi connectivity index (χ1) is 12.5. The fraction of sp³-hybridized carbons (Fsp3) is 0.526. The van der Waals surface area contributed by atoms with Crippen LogP contribution in [0.15, 0.2) is 22.7 Å². The Bertz CT molecular complexity index is 678. The monoisotopic (exact) mass is 423 g/mol. The van der Waals surface area contributed by atoms with E-state index in [0.717, 1.165) is 36.8 Å². The molecular weight excluding hydrogens is 398 g/mol. The molecule has 1 aromatic rings. The maximum absolute atomic E-state index is 12.4. The first kappa shape index (κ1) is 20.4. The van der Waals surface area contributed by atoms with Crippen molar-refractivity contribution >= 4 is 33.8 Å². The Balaban J connectivity index is 1.82. The molecule has 0 atom stereocenters. The molecule has 0 aliphatic carbocycles. The molecule has 1 N–H and O–H groups in total. The summed E-state index contributed by atoms with van der Waals surface area (Å²) in [5, 5.41) is 2.89. The van der Waals surface area contributed by atoms with Crippen LogP contribution in [-0.2, 0) is 0 Å². The van der Waals surface area contributed by atoms with Crippen LogP contribution in [-0.4, -0.2) is 53.8 Å². The minimum Gasteiger partial charge on any atom is -0.338 e. The summed E-state index contributed by atoms with van der Waals surface area (Å²) in [4.78, 5) is 40.1. The van der Waals surface area contributed by atoms with E-state index >= 15 is 0 Å². The number of carbonyl (C=O) groups is 3. The second kappa shape index (κ2) is 9.71. The Kier molecular flexibility index (Phi) is 7.63. The lowest BCUT2D eigenvalue weighted by Gasteiger charge is -2.22. The van der Waals surface area contributed by atoms with Crippen molar-refractivity contribution in [3.63, 3.8) is 0 Å². The summed E-state index contributed by atoms with van der Waals surface area (Å²) >= 11 is 3.32. The summed E-state index contributed by atoms with van der Waals surface area (Å²) in [7, 11) is 0. The van der Waals surface area contributed by atoms with E-state index in [1.165, 1.54) is 4.90 Å². The molecule has 0 spiro atoms. The average molecular weight is 424 g/mol. The fourth-order valence-corrected chi connectivity index (χ4v) is 3.31. The van der Waals surface area contributed by atoms with Gasteiger partial charge in [0, 0.05) is 30.7 Å². The molecule has 26 heavy (non-hydrogen) atoms. The third-order valence-electron chi connectivity index (χ3n) is 4.33. The van der Waals surface area contributed by atoms with Crippen LogP contribution in [0.25, 0.3) is 0 Å². The zero-order valence-corrected chi connectivity index (χ0v) is 17.0. The van der Waals surface area contributed by atoms with Crippen LogP contribution in [0.5, 0.6) is 0 Å². The number of hydrogen-bond acceptors (Lipinski definition) is 3. The Hall–Kier alpha value is -1.89. The van der Waals surface area contributed by atoms with Crippen LogP contribution in [0.3, 0.4) is 0 Å². The molecule has 0 saturated heterocycles. The molecule has 7 heteroatoms. The normalized spacial score (nSPS) is 13.1. The van der Waals surface area contributed by atoms with Crippen LogP contribution in [0, 0.1) is 0 Å². The van der Waals surface area contributed by atoms with Crippen molar-refractivity contribution in [2.45, 2.75) is 39.5 Å². The molecule has 2 rings (SSSR count). The van der Waals surface area contributed by atoms with E-state index < -0.39 is 0 Å². The molecule has 0 unspecified atom stereocenters. The molecule has 1 heterocycles. The second-order valence-electron chi connectivity index (χ2n) is 6.38. The van der Waals surface area contributed by atoms with Crippen LogP contribution < -0.4 is 5.32 Å². The van der Waals surface area contributed by atoms with Crippen LogP contribution in [0.4, 0.5) is 4.79 Å². The van der Waals surface area contributed by atoms with E-state index in [2.05, 4.69) is 28.2 Å². The van der Waals surface area contributed by atoms with E-state index in [1.54, 1.807) is 18.2 Å². The van der Waals surface area contributed by atoms with Gasteiger partial charge in [0.25, 0.3) is 11.8 Å². The average Bonchev–Trinajstić information content (AvgIpc) is 2.86. The number of imide groups is 1. The number of nitrogens with one attached hydrogen (secondary N) is 1. The third kappa shape index (κ3) is 4.84. The van der Waals surface area contributed by atoms with E-state index in [0.29, 0.717) is 30.6 Å². The maximum Gasteiger partial charge on any atom is 0.317 e. The molecule has 4 amide bonds. The van der Waals surface area contributed by atoms with Gasteiger partial charge < -0.3 is 10.2 Å². The summed E-state index contributed by atoms with van der Waals surface area (Å²) in [5.74, 6) is -0.535. The van der Waals surface area contributed by atoms with Gasteiger partial charge in [0.2, 0.25) is 0 Å². The van der Waals surface area contributed by atoms with Gasteiger partial charge in [-0.1, -0.05) is 36.2 Å². The lowest BCUT2D eigenvalue weighted by molar-refractivity contribution is 0.0653. The van der Waals surface area contributed by atoms with Crippen molar-refractivity contribution in [1.82, 2.24) is 15.1 Å². The quantitative estimate of drug-likeness (QED) is 0.486. The van der Waals surface area contributed by atoms with Gasteiger partial charge in [-0.05, 0) is 37.5 Å². The number of unbranched alkanes of at least 4 members (excludes halogenated alkanes) is 1. The molecule has 1 aromatic carbocycles. The molecule has 0 radical (unpaired) electrons. The van der Waals surface area contributed by atoms with Gasteiger partial charge in [-0.2, -0.15) is 0 Å². The Morgan fingerprint density at radius 2 is 1.81 bits per heavy atom. The molecule has 1 aliphatic rings. The summed E-state index contributed by atoms with van der Waals surface area (Å²) < 4.78 is 0.773. The predicted molar refractivity (Wildman–Crippen MR) is 104 cm³/mol. The summed E-state index contributed by atoms with van der Waals surface area (Å²) in [5.41, 5.74) is 0.873. The van der Waals surface area contributed by atoms with Crippen LogP contribution in [0.2, 0.25) is 0 Å². The molecule has 6 nitrogen and oxygen atoms in total. The van der Waals surface area contributed by atoms with Gasteiger partial charge in [-0.25, -0.2) is 4.79 Å². The van der Waals surface area contributed by atoms with Gasteiger partial charge in [0.1, 0.15) is 0 Å². The smallest absolute Gasteiger partial charge is 0.317 e. The zero-order chi connectivity index (χ0) is 19.1. The second-order valence-corrected chi connectivity index (χ2v) is 7.29. The van der Waals surface area contributed by atoms with Crippen molar-refractivity contribution in [3.8, 4) is 0 Å².